The molecule has 0 N–H and O–H groups in total. The molecule has 0 rings (SSSR count). The first-order valence-corrected chi connectivity index (χ1v) is 7.14. The molecule has 0 radical (unpaired) electrons. The standard InChI is InChI=1S/C14H25FO5/c1-4-7-10-18-11-8-9-14(15,12(16)19-5-2)13(17)20-6-3/h4-11H2,1-3H3. The summed E-state index contributed by atoms with van der Waals surface area (Å²) >= 11 is 0. The van der Waals surface area contributed by atoms with E-state index in [0.29, 0.717) is 13.2 Å². The summed E-state index contributed by atoms with van der Waals surface area (Å²) in [7, 11) is 0. The van der Waals surface area contributed by atoms with Crippen LogP contribution < -0.4 is 0 Å². The fourth-order valence-corrected chi connectivity index (χ4v) is 1.54. The average molecular weight is 292 g/mol. The van der Waals surface area contributed by atoms with Crippen LogP contribution in [0.25, 0.3) is 0 Å². The lowest BCUT2D eigenvalue weighted by molar-refractivity contribution is -0.175. The van der Waals surface area contributed by atoms with Gasteiger partial charge < -0.3 is 14.2 Å². The minimum Gasteiger partial charge on any atom is -0.463 e. The van der Waals surface area contributed by atoms with Crippen LogP contribution in [0.4, 0.5) is 4.39 Å². The molecule has 0 aromatic rings. The maximum atomic E-state index is 14.5. The van der Waals surface area contributed by atoms with Crippen molar-refractivity contribution in [1.29, 1.82) is 0 Å². The van der Waals surface area contributed by atoms with Gasteiger partial charge in [-0.05, 0) is 26.7 Å². The molecular weight excluding hydrogens is 267 g/mol. The van der Waals surface area contributed by atoms with E-state index in [9.17, 15) is 14.0 Å². The Labute approximate surface area is 119 Å². The van der Waals surface area contributed by atoms with E-state index in [2.05, 4.69) is 9.47 Å². The number of hydrogen-bond acceptors (Lipinski definition) is 5. The molecule has 0 heterocycles. The normalized spacial score (nSPS) is 11.2. The van der Waals surface area contributed by atoms with Gasteiger partial charge in [0.1, 0.15) is 0 Å². The number of alkyl halides is 1. The highest BCUT2D eigenvalue weighted by atomic mass is 19.1. The Morgan fingerprint density at radius 1 is 0.950 bits per heavy atom. The van der Waals surface area contributed by atoms with E-state index >= 15 is 0 Å². The molecule has 0 aliphatic rings. The van der Waals surface area contributed by atoms with E-state index in [4.69, 9.17) is 4.74 Å². The third-order valence-corrected chi connectivity index (χ3v) is 2.65. The van der Waals surface area contributed by atoms with Crippen molar-refractivity contribution in [2.75, 3.05) is 26.4 Å². The van der Waals surface area contributed by atoms with Gasteiger partial charge in [-0.25, -0.2) is 14.0 Å². The van der Waals surface area contributed by atoms with E-state index < -0.39 is 17.6 Å². The van der Waals surface area contributed by atoms with Crippen LogP contribution in [-0.2, 0) is 23.8 Å². The molecule has 20 heavy (non-hydrogen) atoms. The number of hydrogen-bond donors (Lipinski definition) is 0. The van der Waals surface area contributed by atoms with Crippen molar-refractivity contribution >= 4 is 11.9 Å². The molecule has 6 heteroatoms. The zero-order chi connectivity index (χ0) is 15.4. The Bertz CT molecular complexity index is 275. The van der Waals surface area contributed by atoms with Crippen LogP contribution in [-0.4, -0.2) is 44.0 Å². The summed E-state index contributed by atoms with van der Waals surface area (Å²) in [4.78, 5) is 23.2. The van der Waals surface area contributed by atoms with Crippen molar-refractivity contribution in [3.63, 3.8) is 0 Å². The Morgan fingerprint density at radius 2 is 1.45 bits per heavy atom. The molecule has 0 amide bonds. The SMILES string of the molecule is CCCCOCCCC(F)(C(=O)OCC)C(=O)OCC. The van der Waals surface area contributed by atoms with Gasteiger partial charge in [-0.1, -0.05) is 13.3 Å². The second-order valence-corrected chi connectivity index (χ2v) is 4.31. The quantitative estimate of drug-likeness (QED) is 0.332. The molecule has 0 aliphatic carbocycles. The molecule has 0 unspecified atom stereocenters. The minimum atomic E-state index is -2.74. The monoisotopic (exact) mass is 292 g/mol. The van der Waals surface area contributed by atoms with E-state index in [1.165, 1.54) is 0 Å². The molecule has 0 aliphatic heterocycles. The van der Waals surface area contributed by atoms with Crippen LogP contribution in [0.2, 0.25) is 0 Å². The second kappa shape index (κ2) is 10.6. The van der Waals surface area contributed by atoms with Gasteiger partial charge in [-0.2, -0.15) is 0 Å². The lowest BCUT2D eigenvalue weighted by atomic mass is 10.0. The van der Waals surface area contributed by atoms with Crippen LogP contribution in [0.3, 0.4) is 0 Å². The number of unbranched alkanes of at least 4 members (excludes halogenated alkanes) is 1. The summed E-state index contributed by atoms with van der Waals surface area (Å²) in [6.45, 7) is 6.05. The van der Waals surface area contributed by atoms with Gasteiger partial charge in [0.05, 0.1) is 13.2 Å². The van der Waals surface area contributed by atoms with E-state index in [1.807, 2.05) is 6.92 Å². The highest BCUT2D eigenvalue weighted by Gasteiger charge is 2.49. The van der Waals surface area contributed by atoms with Crippen LogP contribution >= 0.6 is 0 Å². The highest BCUT2D eigenvalue weighted by Crippen LogP contribution is 2.23. The Balaban J connectivity index is 4.39. The van der Waals surface area contributed by atoms with Gasteiger partial charge in [0.15, 0.2) is 0 Å². The smallest absolute Gasteiger partial charge is 0.355 e. The van der Waals surface area contributed by atoms with Crippen LogP contribution in [0, 0.1) is 0 Å². The molecule has 0 aromatic heterocycles. The first-order valence-electron chi connectivity index (χ1n) is 7.14. The maximum Gasteiger partial charge on any atom is 0.355 e. The highest BCUT2D eigenvalue weighted by molar-refractivity contribution is 6.03. The lowest BCUT2D eigenvalue weighted by Crippen LogP contribution is -2.45. The van der Waals surface area contributed by atoms with Crippen LogP contribution in [0.5, 0.6) is 0 Å². The van der Waals surface area contributed by atoms with Gasteiger partial charge in [-0.3, -0.25) is 0 Å². The number of halogens is 1. The fourth-order valence-electron chi connectivity index (χ4n) is 1.54. The molecule has 0 spiro atoms. The maximum absolute atomic E-state index is 14.5. The van der Waals surface area contributed by atoms with Gasteiger partial charge in [0.2, 0.25) is 0 Å². The minimum absolute atomic E-state index is 0.0108. The Hall–Kier alpha value is -1.17. The molecule has 0 bridgehead atoms. The molecule has 0 saturated heterocycles. The topological polar surface area (TPSA) is 61.8 Å². The zero-order valence-electron chi connectivity index (χ0n) is 12.6. The first kappa shape index (κ1) is 18.8. The molecule has 5 nitrogen and oxygen atoms in total. The van der Waals surface area contributed by atoms with E-state index in [-0.39, 0.29) is 26.1 Å². The average Bonchev–Trinajstić information content (AvgIpc) is 2.42. The van der Waals surface area contributed by atoms with Gasteiger partial charge in [-0.15, -0.1) is 0 Å². The molecule has 0 atom stereocenters. The molecule has 0 aromatic carbocycles. The summed E-state index contributed by atoms with van der Waals surface area (Å²) in [5.74, 6) is -2.38. The van der Waals surface area contributed by atoms with Crippen molar-refractivity contribution in [1.82, 2.24) is 0 Å². The van der Waals surface area contributed by atoms with Crippen molar-refractivity contribution in [2.45, 2.75) is 52.1 Å². The van der Waals surface area contributed by atoms with Crippen LogP contribution in [0.1, 0.15) is 46.5 Å². The van der Waals surface area contributed by atoms with Crippen molar-refractivity contribution in [2.24, 2.45) is 0 Å². The van der Waals surface area contributed by atoms with Crippen molar-refractivity contribution in [3.8, 4) is 0 Å². The Morgan fingerprint density at radius 3 is 1.90 bits per heavy atom. The summed E-state index contributed by atoms with van der Waals surface area (Å²) in [6.07, 6.45) is 1.89. The largest absolute Gasteiger partial charge is 0.463 e. The van der Waals surface area contributed by atoms with E-state index in [1.54, 1.807) is 13.8 Å². The zero-order valence-corrected chi connectivity index (χ0v) is 12.6. The summed E-state index contributed by atoms with van der Waals surface area (Å²) < 4.78 is 29.0. The van der Waals surface area contributed by atoms with Gasteiger partial charge >= 0.3 is 17.6 Å². The number of ether oxygens (including phenoxy) is 3. The van der Waals surface area contributed by atoms with Gasteiger partial charge in [0, 0.05) is 19.6 Å². The predicted octanol–water partition coefficient (Wildman–Crippen LogP) is 2.42. The molecule has 0 saturated carbocycles. The third-order valence-electron chi connectivity index (χ3n) is 2.65. The number of esters is 2. The predicted molar refractivity (Wildman–Crippen MR) is 72.1 cm³/mol. The molecule has 0 fully saturated rings. The van der Waals surface area contributed by atoms with Crippen molar-refractivity contribution in [3.05, 3.63) is 0 Å². The number of carbonyl (C=O) groups is 2. The summed E-state index contributed by atoms with van der Waals surface area (Å²) in [5, 5.41) is 0. The third kappa shape index (κ3) is 6.32. The lowest BCUT2D eigenvalue weighted by Gasteiger charge is -2.21. The molecule has 118 valence electrons. The Kier molecular flexibility index (Phi) is 9.98. The van der Waals surface area contributed by atoms with Gasteiger partial charge in [0.25, 0.3) is 0 Å². The first-order chi connectivity index (χ1) is 9.52. The fraction of sp³-hybridized carbons (Fsp3) is 0.857. The number of rotatable bonds is 11. The summed E-state index contributed by atoms with van der Waals surface area (Å²) in [5.41, 5.74) is -2.74. The molecular formula is C14H25FO5. The summed E-state index contributed by atoms with van der Waals surface area (Å²) in [6, 6.07) is 0. The van der Waals surface area contributed by atoms with Crippen molar-refractivity contribution < 1.29 is 28.2 Å². The number of carbonyl (C=O) groups excluding carboxylic acids is 2. The van der Waals surface area contributed by atoms with Crippen LogP contribution in [0.15, 0.2) is 0 Å². The van der Waals surface area contributed by atoms with E-state index in [0.717, 1.165) is 12.8 Å². The second-order valence-electron chi connectivity index (χ2n) is 4.31.